The highest BCUT2D eigenvalue weighted by molar-refractivity contribution is 5.49. The third-order valence-electron chi connectivity index (χ3n) is 2.65. The average molecular weight is 222 g/mol. The normalized spacial score (nSPS) is 12.2. The number of anilines is 1. The molecular formula is C13H22N2O. The van der Waals surface area contributed by atoms with Crippen molar-refractivity contribution < 1.29 is 4.74 Å². The maximum absolute atomic E-state index is 5.72. The van der Waals surface area contributed by atoms with E-state index in [0.29, 0.717) is 6.04 Å². The number of rotatable bonds is 6. The molecule has 1 unspecified atom stereocenters. The highest BCUT2D eigenvalue weighted by Gasteiger charge is 2.02. The van der Waals surface area contributed by atoms with E-state index in [4.69, 9.17) is 10.5 Å². The van der Waals surface area contributed by atoms with Crippen LogP contribution >= 0.6 is 0 Å². The Balaban J connectivity index is 2.48. The molecule has 0 aliphatic heterocycles. The first-order valence-electron chi connectivity index (χ1n) is 5.74. The average Bonchev–Trinajstić information content (AvgIpc) is 2.28. The molecule has 1 rings (SSSR count). The second-order valence-electron chi connectivity index (χ2n) is 4.24. The first-order chi connectivity index (χ1) is 7.63. The molecule has 1 atom stereocenters. The van der Waals surface area contributed by atoms with Gasteiger partial charge in [0, 0.05) is 31.4 Å². The quantitative estimate of drug-likeness (QED) is 0.802. The van der Waals surface area contributed by atoms with Gasteiger partial charge in [0.25, 0.3) is 0 Å². The van der Waals surface area contributed by atoms with Gasteiger partial charge >= 0.3 is 0 Å². The Kier molecular flexibility index (Phi) is 5.12. The van der Waals surface area contributed by atoms with Crippen LogP contribution in [0, 0.1) is 0 Å². The molecule has 2 N–H and O–H groups in total. The van der Waals surface area contributed by atoms with Gasteiger partial charge in [-0.1, -0.05) is 6.07 Å². The zero-order valence-corrected chi connectivity index (χ0v) is 10.4. The minimum atomic E-state index is 0.290. The van der Waals surface area contributed by atoms with E-state index in [-0.39, 0.29) is 0 Å². The van der Waals surface area contributed by atoms with Gasteiger partial charge in [-0.15, -0.1) is 0 Å². The molecule has 16 heavy (non-hydrogen) atoms. The Hall–Kier alpha value is -1.22. The Morgan fingerprint density at radius 2 is 2.19 bits per heavy atom. The number of nitrogens with zero attached hydrogens (tertiary/aromatic N) is 1. The van der Waals surface area contributed by atoms with Crippen molar-refractivity contribution in [1.29, 1.82) is 0 Å². The summed E-state index contributed by atoms with van der Waals surface area (Å²) < 4.78 is 5.20. The van der Waals surface area contributed by atoms with Crippen molar-refractivity contribution in [3.63, 3.8) is 0 Å². The van der Waals surface area contributed by atoms with Gasteiger partial charge in [-0.25, -0.2) is 0 Å². The van der Waals surface area contributed by atoms with Gasteiger partial charge in [-0.05, 0) is 31.9 Å². The van der Waals surface area contributed by atoms with Gasteiger partial charge in [-0.2, -0.15) is 0 Å². The summed E-state index contributed by atoms with van der Waals surface area (Å²) in [4.78, 5) is 2.23. The van der Waals surface area contributed by atoms with Crippen LogP contribution in [0.1, 0.15) is 19.8 Å². The third-order valence-corrected chi connectivity index (χ3v) is 2.65. The molecule has 1 aromatic rings. The number of benzene rings is 1. The van der Waals surface area contributed by atoms with Crippen LogP contribution in [0.2, 0.25) is 0 Å². The number of hydrogen-bond acceptors (Lipinski definition) is 3. The van der Waals surface area contributed by atoms with Gasteiger partial charge < -0.3 is 15.4 Å². The van der Waals surface area contributed by atoms with Crippen molar-refractivity contribution in [2.24, 2.45) is 5.73 Å². The summed E-state index contributed by atoms with van der Waals surface area (Å²) in [6.45, 7) is 3.07. The van der Waals surface area contributed by atoms with Crippen LogP contribution < -0.4 is 15.4 Å². The van der Waals surface area contributed by atoms with Crippen molar-refractivity contribution >= 4 is 5.69 Å². The summed E-state index contributed by atoms with van der Waals surface area (Å²) in [5, 5.41) is 0. The Morgan fingerprint density at radius 3 is 2.81 bits per heavy atom. The van der Waals surface area contributed by atoms with Crippen molar-refractivity contribution in [2.45, 2.75) is 25.8 Å². The predicted molar refractivity (Wildman–Crippen MR) is 69.1 cm³/mol. The highest BCUT2D eigenvalue weighted by atomic mass is 16.5. The molecule has 0 bridgehead atoms. The number of hydrogen-bond donors (Lipinski definition) is 1. The molecule has 0 fully saturated rings. The SMILES string of the molecule is COc1cccc(N(C)CCCC(C)N)c1. The number of methoxy groups -OCH3 is 1. The number of ether oxygens (including phenoxy) is 1. The molecule has 0 aliphatic carbocycles. The van der Waals surface area contributed by atoms with Crippen LogP contribution in [0.15, 0.2) is 24.3 Å². The first kappa shape index (κ1) is 12.8. The van der Waals surface area contributed by atoms with E-state index in [1.165, 1.54) is 5.69 Å². The van der Waals surface area contributed by atoms with Crippen LogP contribution in [0.4, 0.5) is 5.69 Å². The molecule has 0 aliphatic rings. The van der Waals surface area contributed by atoms with Gasteiger partial charge in [0.15, 0.2) is 0 Å². The lowest BCUT2D eigenvalue weighted by atomic mass is 10.2. The third kappa shape index (κ3) is 4.11. The van der Waals surface area contributed by atoms with Gasteiger partial charge in [0.1, 0.15) is 5.75 Å². The van der Waals surface area contributed by atoms with Gasteiger partial charge in [0.05, 0.1) is 7.11 Å². The molecule has 0 amide bonds. The minimum Gasteiger partial charge on any atom is -0.497 e. The van der Waals surface area contributed by atoms with Crippen LogP contribution in [0.5, 0.6) is 5.75 Å². The van der Waals surface area contributed by atoms with Crippen LogP contribution in [-0.4, -0.2) is 26.7 Å². The molecule has 3 nitrogen and oxygen atoms in total. The number of nitrogens with two attached hydrogens (primary N) is 1. The standard InChI is InChI=1S/C13H22N2O/c1-11(14)6-5-9-15(2)12-7-4-8-13(10-12)16-3/h4,7-8,10-11H,5-6,9,14H2,1-3H3. The summed E-state index contributed by atoms with van der Waals surface area (Å²) in [5.74, 6) is 0.900. The maximum Gasteiger partial charge on any atom is 0.120 e. The molecule has 3 heteroatoms. The zero-order chi connectivity index (χ0) is 12.0. The molecule has 0 saturated carbocycles. The Labute approximate surface area is 98.2 Å². The molecule has 1 aromatic carbocycles. The highest BCUT2D eigenvalue weighted by Crippen LogP contribution is 2.20. The van der Waals surface area contributed by atoms with E-state index in [0.717, 1.165) is 25.1 Å². The van der Waals surface area contributed by atoms with Crippen molar-refractivity contribution in [3.8, 4) is 5.75 Å². The predicted octanol–water partition coefficient (Wildman–Crippen LogP) is 2.26. The van der Waals surface area contributed by atoms with Crippen LogP contribution in [-0.2, 0) is 0 Å². The molecular weight excluding hydrogens is 200 g/mol. The largest absolute Gasteiger partial charge is 0.497 e. The molecule has 0 heterocycles. The fraction of sp³-hybridized carbons (Fsp3) is 0.538. The van der Waals surface area contributed by atoms with Crippen LogP contribution in [0.25, 0.3) is 0 Å². The summed E-state index contributed by atoms with van der Waals surface area (Å²) in [6, 6.07) is 8.40. The lowest BCUT2D eigenvalue weighted by molar-refractivity contribution is 0.415. The minimum absolute atomic E-state index is 0.290. The molecule has 0 aromatic heterocycles. The fourth-order valence-electron chi connectivity index (χ4n) is 1.63. The first-order valence-corrected chi connectivity index (χ1v) is 5.74. The second-order valence-corrected chi connectivity index (χ2v) is 4.24. The summed E-state index contributed by atoms with van der Waals surface area (Å²) in [6.07, 6.45) is 2.18. The maximum atomic E-state index is 5.72. The monoisotopic (exact) mass is 222 g/mol. The Morgan fingerprint density at radius 1 is 1.44 bits per heavy atom. The van der Waals surface area contributed by atoms with E-state index in [9.17, 15) is 0 Å². The van der Waals surface area contributed by atoms with E-state index in [2.05, 4.69) is 18.0 Å². The smallest absolute Gasteiger partial charge is 0.120 e. The second kappa shape index (κ2) is 6.38. The lowest BCUT2D eigenvalue weighted by Crippen LogP contribution is -2.22. The van der Waals surface area contributed by atoms with E-state index >= 15 is 0 Å². The lowest BCUT2D eigenvalue weighted by Gasteiger charge is -2.20. The summed E-state index contributed by atoms with van der Waals surface area (Å²) in [7, 11) is 3.78. The van der Waals surface area contributed by atoms with Gasteiger partial charge in [-0.3, -0.25) is 0 Å². The molecule has 0 radical (unpaired) electrons. The topological polar surface area (TPSA) is 38.5 Å². The van der Waals surface area contributed by atoms with E-state index in [1.807, 2.05) is 25.1 Å². The zero-order valence-electron chi connectivity index (χ0n) is 10.4. The van der Waals surface area contributed by atoms with Crippen molar-refractivity contribution in [1.82, 2.24) is 0 Å². The van der Waals surface area contributed by atoms with E-state index < -0.39 is 0 Å². The Bertz CT molecular complexity index is 313. The van der Waals surface area contributed by atoms with Crippen molar-refractivity contribution in [2.75, 3.05) is 25.6 Å². The van der Waals surface area contributed by atoms with Gasteiger partial charge in [0.2, 0.25) is 0 Å². The van der Waals surface area contributed by atoms with Crippen LogP contribution in [0.3, 0.4) is 0 Å². The molecule has 0 spiro atoms. The summed E-state index contributed by atoms with van der Waals surface area (Å²) in [5.41, 5.74) is 6.91. The molecule has 0 saturated heterocycles. The fourth-order valence-corrected chi connectivity index (χ4v) is 1.63. The van der Waals surface area contributed by atoms with Crippen molar-refractivity contribution in [3.05, 3.63) is 24.3 Å². The van der Waals surface area contributed by atoms with E-state index in [1.54, 1.807) is 7.11 Å². The molecule has 90 valence electrons. The summed E-state index contributed by atoms with van der Waals surface area (Å²) >= 11 is 0.